The Morgan fingerprint density at radius 2 is 2.26 bits per heavy atom. The fourth-order valence-corrected chi connectivity index (χ4v) is 2.04. The number of halogens is 1. The summed E-state index contributed by atoms with van der Waals surface area (Å²) in [7, 11) is 1.68. The van der Waals surface area contributed by atoms with Crippen molar-refractivity contribution in [2.24, 2.45) is 0 Å². The van der Waals surface area contributed by atoms with Crippen LogP contribution in [-0.2, 0) is 4.74 Å². The third-order valence-corrected chi connectivity index (χ3v) is 3.27. The fourth-order valence-electron chi connectivity index (χ4n) is 1.86. The molecule has 1 N–H and O–H groups in total. The number of anilines is 1. The van der Waals surface area contributed by atoms with Crippen molar-refractivity contribution in [1.82, 2.24) is 9.55 Å². The number of rotatable bonds is 5. The van der Waals surface area contributed by atoms with Crippen LogP contribution >= 0.6 is 11.6 Å². The fraction of sp³-hybridized carbons (Fsp3) is 0.357. The zero-order chi connectivity index (χ0) is 13.8. The first-order valence-corrected chi connectivity index (χ1v) is 6.55. The largest absolute Gasteiger partial charge is 0.383 e. The van der Waals surface area contributed by atoms with Crippen molar-refractivity contribution in [3.8, 4) is 5.69 Å². The first-order chi connectivity index (χ1) is 9.11. The lowest BCUT2D eigenvalue weighted by Crippen LogP contribution is -2.22. The van der Waals surface area contributed by atoms with Crippen molar-refractivity contribution in [1.29, 1.82) is 0 Å². The molecule has 0 saturated carbocycles. The van der Waals surface area contributed by atoms with E-state index in [-0.39, 0.29) is 6.04 Å². The second-order valence-corrected chi connectivity index (χ2v) is 4.96. The quantitative estimate of drug-likeness (QED) is 0.913. The predicted octanol–water partition coefficient (Wildman–Crippen LogP) is 3.28. The van der Waals surface area contributed by atoms with Crippen molar-refractivity contribution >= 4 is 17.5 Å². The molecule has 1 aromatic carbocycles. The molecule has 1 atom stereocenters. The van der Waals surface area contributed by atoms with Crippen molar-refractivity contribution in [3.05, 3.63) is 41.2 Å². The molecular formula is C14H18ClN3O. The number of benzene rings is 1. The van der Waals surface area contributed by atoms with Gasteiger partial charge < -0.3 is 10.1 Å². The third-order valence-electron chi connectivity index (χ3n) is 2.87. The van der Waals surface area contributed by atoms with Crippen LogP contribution in [-0.4, -0.2) is 29.3 Å². The van der Waals surface area contributed by atoms with Gasteiger partial charge in [0.1, 0.15) is 0 Å². The second-order valence-electron chi connectivity index (χ2n) is 4.56. The summed E-state index contributed by atoms with van der Waals surface area (Å²) < 4.78 is 7.08. The Morgan fingerprint density at radius 1 is 1.47 bits per heavy atom. The molecule has 1 heterocycles. The molecular weight excluding hydrogens is 262 g/mol. The summed E-state index contributed by atoms with van der Waals surface area (Å²) >= 11 is 6.16. The topological polar surface area (TPSA) is 39.1 Å². The van der Waals surface area contributed by atoms with Gasteiger partial charge in [0.15, 0.2) is 0 Å². The van der Waals surface area contributed by atoms with E-state index < -0.39 is 0 Å². The number of hydrogen-bond donors (Lipinski definition) is 1. The van der Waals surface area contributed by atoms with Crippen LogP contribution in [0.4, 0.5) is 5.95 Å². The highest BCUT2D eigenvalue weighted by atomic mass is 35.5. The zero-order valence-corrected chi connectivity index (χ0v) is 12.1. The Bertz CT molecular complexity index is 553. The highest BCUT2D eigenvalue weighted by Gasteiger charge is 2.09. The minimum absolute atomic E-state index is 0.187. The molecule has 0 radical (unpaired) electrons. The Labute approximate surface area is 118 Å². The summed E-state index contributed by atoms with van der Waals surface area (Å²) in [5, 5.41) is 4.06. The van der Waals surface area contributed by atoms with Crippen LogP contribution in [0.5, 0.6) is 0 Å². The van der Waals surface area contributed by atoms with Gasteiger partial charge in [0.2, 0.25) is 5.95 Å². The average molecular weight is 280 g/mol. The molecule has 0 aliphatic carbocycles. The third kappa shape index (κ3) is 3.28. The van der Waals surface area contributed by atoms with Gasteiger partial charge in [-0.3, -0.25) is 4.57 Å². The van der Waals surface area contributed by atoms with Crippen LogP contribution in [0, 0.1) is 6.92 Å². The van der Waals surface area contributed by atoms with Crippen LogP contribution in [0.3, 0.4) is 0 Å². The molecule has 19 heavy (non-hydrogen) atoms. The Kier molecular flexibility index (Phi) is 4.45. The number of imidazole rings is 1. The van der Waals surface area contributed by atoms with Crippen LogP contribution in [0.25, 0.3) is 5.69 Å². The number of aromatic nitrogens is 2. The van der Waals surface area contributed by atoms with Crippen LogP contribution in [0.15, 0.2) is 30.6 Å². The molecule has 0 aliphatic rings. The average Bonchev–Trinajstić information content (AvgIpc) is 2.81. The number of methoxy groups -OCH3 is 1. The van der Waals surface area contributed by atoms with E-state index in [1.165, 1.54) is 0 Å². The molecule has 5 heteroatoms. The molecule has 2 rings (SSSR count). The van der Waals surface area contributed by atoms with E-state index in [0.29, 0.717) is 6.61 Å². The highest BCUT2D eigenvalue weighted by molar-refractivity contribution is 6.31. The first-order valence-electron chi connectivity index (χ1n) is 6.17. The van der Waals surface area contributed by atoms with Gasteiger partial charge in [-0.2, -0.15) is 0 Å². The lowest BCUT2D eigenvalue weighted by Gasteiger charge is -2.15. The number of ether oxygens (including phenoxy) is 1. The van der Waals surface area contributed by atoms with Crippen molar-refractivity contribution < 1.29 is 4.74 Å². The molecule has 1 unspecified atom stereocenters. The maximum atomic E-state index is 6.16. The van der Waals surface area contributed by atoms with Gasteiger partial charge in [0, 0.05) is 36.3 Å². The second kappa shape index (κ2) is 6.08. The molecule has 1 aromatic heterocycles. The summed E-state index contributed by atoms with van der Waals surface area (Å²) in [5.41, 5.74) is 2.05. The molecule has 0 fully saturated rings. The lowest BCUT2D eigenvalue weighted by molar-refractivity contribution is 0.190. The smallest absolute Gasteiger partial charge is 0.207 e. The Balaban J connectivity index is 2.25. The number of nitrogens with one attached hydrogen (secondary N) is 1. The van der Waals surface area contributed by atoms with Crippen LogP contribution in [0.1, 0.15) is 12.5 Å². The van der Waals surface area contributed by atoms with Crippen molar-refractivity contribution in [2.45, 2.75) is 19.9 Å². The Morgan fingerprint density at radius 3 is 2.95 bits per heavy atom. The van der Waals surface area contributed by atoms with Gasteiger partial charge in [-0.05, 0) is 31.5 Å². The van der Waals surface area contributed by atoms with E-state index in [9.17, 15) is 0 Å². The van der Waals surface area contributed by atoms with Gasteiger partial charge >= 0.3 is 0 Å². The van der Waals surface area contributed by atoms with Crippen LogP contribution < -0.4 is 5.32 Å². The van der Waals surface area contributed by atoms with E-state index in [4.69, 9.17) is 16.3 Å². The summed E-state index contributed by atoms with van der Waals surface area (Å²) in [5.74, 6) is 0.782. The van der Waals surface area contributed by atoms with Gasteiger partial charge in [0.25, 0.3) is 0 Å². The highest BCUT2D eigenvalue weighted by Crippen LogP contribution is 2.22. The van der Waals surface area contributed by atoms with Crippen LogP contribution in [0.2, 0.25) is 5.02 Å². The summed E-state index contributed by atoms with van der Waals surface area (Å²) in [6.07, 6.45) is 3.67. The molecule has 0 amide bonds. The Hall–Kier alpha value is -1.52. The lowest BCUT2D eigenvalue weighted by atomic mass is 10.2. The maximum Gasteiger partial charge on any atom is 0.207 e. The van der Waals surface area contributed by atoms with Gasteiger partial charge in [-0.15, -0.1) is 0 Å². The summed E-state index contributed by atoms with van der Waals surface area (Å²) in [4.78, 5) is 4.32. The predicted molar refractivity (Wildman–Crippen MR) is 78.3 cm³/mol. The monoisotopic (exact) mass is 279 g/mol. The molecule has 4 nitrogen and oxygen atoms in total. The molecule has 0 bridgehead atoms. The van der Waals surface area contributed by atoms with E-state index >= 15 is 0 Å². The van der Waals surface area contributed by atoms with Crippen molar-refractivity contribution in [3.63, 3.8) is 0 Å². The first kappa shape index (κ1) is 13.9. The van der Waals surface area contributed by atoms with Gasteiger partial charge in [-0.1, -0.05) is 17.7 Å². The van der Waals surface area contributed by atoms with E-state index in [1.54, 1.807) is 13.3 Å². The molecule has 2 aromatic rings. The zero-order valence-electron chi connectivity index (χ0n) is 11.4. The number of nitrogens with zero attached hydrogens (tertiary/aromatic N) is 2. The molecule has 0 spiro atoms. The summed E-state index contributed by atoms with van der Waals surface area (Å²) in [6, 6.07) is 6.15. The van der Waals surface area contributed by atoms with E-state index in [2.05, 4.69) is 10.3 Å². The van der Waals surface area contributed by atoms with Gasteiger partial charge in [0.05, 0.1) is 6.61 Å². The SMILES string of the molecule is COCC(C)Nc1nccn1-c1ccc(C)c(Cl)c1. The number of hydrogen-bond acceptors (Lipinski definition) is 3. The van der Waals surface area contributed by atoms with Crippen molar-refractivity contribution in [2.75, 3.05) is 19.0 Å². The van der Waals surface area contributed by atoms with E-state index in [1.807, 2.05) is 42.8 Å². The number of aryl methyl sites for hydroxylation is 1. The molecule has 102 valence electrons. The summed E-state index contributed by atoms with van der Waals surface area (Å²) in [6.45, 7) is 4.66. The normalized spacial score (nSPS) is 12.4. The maximum absolute atomic E-state index is 6.16. The van der Waals surface area contributed by atoms with Gasteiger partial charge in [-0.25, -0.2) is 4.98 Å². The minimum Gasteiger partial charge on any atom is -0.383 e. The standard InChI is InChI=1S/C14H18ClN3O/c1-10-4-5-12(8-13(10)15)18-7-6-16-14(18)17-11(2)9-19-3/h4-8,11H,9H2,1-3H3,(H,16,17). The minimum atomic E-state index is 0.187. The van der Waals surface area contributed by atoms with E-state index in [0.717, 1.165) is 22.2 Å². The molecule has 0 aliphatic heterocycles. The molecule has 0 saturated heterocycles.